The average molecular weight is 449 g/mol. The van der Waals surface area contributed by atoms with Crippen molar-refractivity contribution in [1.82, 2.24) is 19.9 Å². The van der Waals surface area contributed by atoms with Crippen molar-refractivity contribution in [2.24, 2.45) is 18.9 Å². The van der Waals surface area contributed by atoms with E-state index in [-0.39, 0.29) is 17.3 Å². The molecule has 0 spiro atoms. The molecular formula is C24H25FN6O2. The molecule has 9 heteroatoms. The van der Waals surface area contributed by atoms with E-state index in [4.69, 9.17) is 0 Å². The van der Waals surface area contributed by atoms with Gasteiger partial charge in [-0.25, -0.2) is 14.2 Å². The Bertz CT molecular complexity index is 1370. The Morgan fingerprint density at radius 2 is 2.00 bits per heavy atom. The van der Waals surface area contributed by atoms with Gasteiger partial charge in [0, 0.05) is 37.3 Å². The van der Waals surface area contributed by atoms with Gasteiger partial charge in [0.15, 0.2) is 0 Å². The van der Waals surface area contributed by atoms with E-state index in [1.807, 2.05) is 0 Å². The fourth-order valence-corrected chi connectivity index (χ4v) is 4.89. The van der Waals surface area contributed by atoms with Crippen molar-refractivity contribution in [3.63, 3.8) is 0 Å². The zero-order chi connectivity index (χ0) is 23.3. The first-order chi connectivity index (χ1) is 15.8. The second-order valence-corrected chi connectivity index (χ2v) is 8.78. The van der Waals surface area contributed by atoms with Gasteiger partial charge < -0.3 is 16.0 Å². The maximum absolute atomic E-state index is 14.7. The van der Waals surface area contributed by atoms with Crippen LogP contribution in [0.5, 0.6) is 0 Å². The van der Waals surface area contributed by atoms with Gasteiger partial charge in [0.2, 0.25) is 5.95 Å². The van der Waals surface area contributed by atoms with Crippen LogP contribution in [0.3, 0.4) is 0 Å². The SMILES string of the molecule is CNc1ncc2cc(-c3cc(NC(=O)NC4CC5C=CC4C5)c(F)cc3C)c(=O)n(C)c2n1. The van der Waals surface area contributed by atoms with Crippen molar-refractivity contribution >= 4 is 28.7 Å². The minimum atomic E-state index is -0.557. The second kappa shape index (κ2) is 7.99. The molecule has 1 saturated carbocycles. The number of carbonyl (C=O) groups is 1. The Kier molecular flexibility index (Phi) is 5.11. The van der Waals surface area contributed by atoms with Crippen LogP contribution < -0.4 is 21.5 Å². The fourth-order valence-electron chi connectivity index (χ4n) is 4.89. The molecule has 3 N–H and O–H groups in total. The molecule has 0 radical (unpaired) electrons. The van der Waals surface area contributed by atoms with Crippen molar-refractivity contribution in [1.29, 1.82) is 0 Å². The van der Waals surface area contributed by atoms with Gasteiger partial charge >= 0.3 is 6.03 Å². The number of anilines is 2. The van der Waals surface area contributed by atoms with Crippen LogP contribution in [0.1, 0.15) is 18.4 Å². The summed E-state index contributed by atoms with van der Waals surface area (Å²) >= 11 is 0. The minimum Gasteiger partial charge on any atom is -0.357 e. The zero-order valence-corrected chi connectivity index (χ0v) is 18.6. The highest BCUT2D eigenvalue weighted by Gasteiger charge is 2.36. The molecule has 2 aliphatic rings. The lowest BCUT2D eigenvalue weighted by Crippen LogP contribution is -2.40. The van der Waals surface area contributed by atoms with Gasteiger partial charge in [0.1, 0.15) is 11.5 Å². The van der Waals surface area contributed by atoms with Crippen molar-refractivity contribution in [2.75, 3.05) is 17.7 Å². The number of rotatable bonds is 4. The van der Waals surface area contributed by atoms with Crippen LogP contribution in [-0.4, -0.2) is 33.7 Å². The van der Waals surface area contributed by atoms with Crippen LogP contribution in [0.2, 0.25) is 0 Å². The number of nitrogens with one attached hydrogen (secondary N) is 3. The van der Waals surface area contributed by atoms with Crippen LogP contribution in [0.25, 0.3) is 22.2 Å². The van der Waals surface area contributed by atoms with E-state index in [2.05, 4.69) is 38.1 Å². The molecule has 170 valence electrons. The van der Waals surface area contributed by atoms with Crippen LogP contribution in [0, 0.1) is 24.6 Å². The molecule has 5 rings (SSSR count). The third-order valence-corrected chi connectivity index (χ3v) is 6.62. The summed E-state index contributed by atoms with van der Waals surface area (Å²) in [4.78, 5) is 34.3. The number of pyridine rings is 1. The number of halogens is 1. The summed E-state index contributed by atoms with van der Waals surface area (Å²) in [5, 5.41) is 9.12. The Hall–Kier alpha value is -3.75. The summed E-state index contributed by atoms with van der Waals surface area (Å²) in [5.74, 6) is 0.705. The number of aryl methyl sites for hydroxylation is 2. The van der Waals surface area contributed by atoms with Crippen LogP contribution in [-0.2, 0) is 7.05 Å². The Morgan fingerprint density at radius 1 is 1.18 bits per heavy atom. The molecule has 2 heterocycles. The lowest BCUT2D eigenvalue weighted by molar-refractivity contribution is 0.246. The van der Waals surface area contributed by atoms with Crippen LogP contribution in [0.4, 0.5) is 20.8 Å². The third-order valence-electron chi connectivity index (χ3n) is 6.62. The van der Waals surface area contributed by atoms with Gasteiger partial charge in [-0.1, -0.05) is 12.2 Å². The maximum Gasteiger partial charge on any atom is 0.319 e. The molecular weight excluding hydrogens is 423 g/mol. The first-order valence-corrected chi connectivity index (χ1v) is 10.9. The highest BCUT2D eigenvalue weighted by molar-refractivity contribution is 5.91. The molecule has 1 fully saturated rings. The number of aromatic nitrogens is 3. The number of benzene rings is 1. The summed E-state index contributed by atoms with van der Waals surface area (Å²) in [6.45, 7) is 1.73. The van der Waals surface area contributed by atoms with E-state index < -0.39 is 11.8 Å². The zero-order valence-electron chi connectivity index (χ0n) is 18.6. The molecule has 2 bridgehead atoms. The highest BCUT2D eigenvalue weighted by atomic mass is 19.1. The molecule has 2 aliphatic carbocycles. The average Bonchev–Trinajstić information content (AvgIpc) is 3.41. The quantitative estimate of drug-likeness (QED) is 0.530. The van der Waals surface area contributed by atoms with E-state index >= 15 is 0 Å². The molecule has 3 atom stereocenters. The number of urea groups is 1. The van der Waals surface area contributed by atoms with Crippen molar-refractivity contribution in [2.45, 2.75) is 25.8 Å². The third kappa shape index (κ3) is 3.73. The Balaban J connectivity index is 1.48. The number of carbonyl (C=O) groups excluding carboxylic acids is 1. The van der Waals surface area contributed by atoms with Gasteiger partial charge in [-0.05, 0) is 60.9 Å². The van der Waals surface area contributed by atoms with E-state index in [0.717, 1.165) is 12.8 Å². The van der Waals surface area contributed by atoms with Crippen molar-refractivity contribution in [3.8, 4) is 11.1 Å². The highest BCUT2D eigenvalue weighted by Crippen LogP contribution is 2.39. The summed E-state index contributed by atoms with van der Waals surface area (Å²) in [5.41, 5.74) is 1.74. The lowest BCUT2D eigenvalue weighted by Gasteiger charge is -2.20. The Morgan fingerprint density at radius 3 is 2.70 bits per heavy atom. The molecule has 33 heavy (non-hydrogen) atoms. The summed E-state index contributed by atoms with van der Waals surface area (Å²) in [7, 11) is 3.34. The van der Waals surface area contributed by atoms with Gasteiger partial charge in [-0.3, -0.25) is 9.36 Å². The fraction of sp³-hybridized carbons (Fsp3) is 0.333. The number of fused-ring (bicyclic) bond motifs is 3. The van der Waals surface area contributed by atoms with Gasteiger partial charge in [0.05, 0.1) is 5.69 Å². The Labute approximate surface area is 189 Å². The van der Waals surface area contributed by atoms with Crippen molar-refractivity contribution < 1.29 is 9.18 Å². The number of hydrogen-bond acceptors (Lipinski definition) is 5. The predicted octanol–water partition coefficient (Wildman–Crippen LogP) is 3.57. The summed E-state index contributed by atoms with van der Waals surface area (Å²) in [6, 6.07) is 4.14. The number of nitrogens with zero attached hydrogens (tertiary/aromatic N) is 3. The predicted molar refractivity (Wildman–Crippen MR) is 126 cm³/mol. The summed E-state index contributed by atoms with van der Waals surface area (Å²) in [6.07, 6.45) is 7.93. The normalized spacial score (nSPS) is 20.9. The molecule has 3 unspecified atom stereocenters. The minimum absolute atomic E-state index is 0.0238. The van der Waals surface area contributed by atoms with Crippen LogP contribution in [0.15, 0.2) is 41.3 Å². The molecule has 1 aromatic carbocycles. The topological polar surface area (TPSA) is 101 Å². The number of amides is 2. The number of hydrogen-bond donors (Lipinski definition) is 3. The molecule has 2 amide bonds. The van der Waals surface area contributed by atoms with E-state index in [1.54, 1.807) is 33.3 Å². The molecule has 2 aromatic heterocycles. The van der Waals surface area contributed by atoms with Crippen molar-refractivity contribution in [3.05, 3.63) is 58.3 Å². The lowest BCUT2D eigenvalue weighted by atomic mass is 9.99. The molecule has 8 nitrogen and oxygen atoms in total. The largest absolute Gasteiger partial charge is 0.357 e. The maximum atomic E-state index is 14.7. The molecule has 0 saturated heterocycles. The van der Waals surface area contributed by atoms with E-state index in [1.165, 1.54) is 16.7 Å². The molecule has 0 aliphatic heterocycles. The van der Waals surface area contributed by atoms with Crippen LogP contribution >= 0.6 is 0 Å². The van der Waals surface area contributed by atoms with Gasteiger partial charge in [0.25, 0.3) is 5.56 Å². The second-order valence-electron chi connectivity index (χ2n) is 8.78. The van der Waals surface area contributed by atoms with Gasteiger partial charge in [-0.2, -0.15) is 4.98 Å². The van der Waals surface area contributed by atoms with Gasteiger partial charge in [-0.15, -0.1) is 0 Å². The summed E-state index contributed by atoms with van der Waals surface area (Å²) < 4.78 is 16.2. The van der Waals surface area contributed by atoms with E-state index in [9.17, 15) is 14.0 Å². The molecule has 3 aromatic rings. The smallest absolute Gasteiger partial charge is 0.319 e. The first-order valence-electron chi connectivity index (χ1n) is 10.9. The first kappa shape index (κ1) is 21.1. The standard InChI is InChI=1S/C24H25FN6O2/c1-12-6-18(25)20(29-24(33)28-19-8-13-4-5-14(19)7-13)10-16(12)17-9-15-11-27-23(26-2)30-21(15)31(3)22(17)32/h4-6,9-11,13-14,19H,7-8H2,1-3H3,(H,26,27,30)(H2,28,29,33). The monoisotopic (exact) mass is 448 g/mol. The van der Waals surface area contributed by atoms with E-state index in [0.29, 0.717) is 45.5 Å². The number of allylic oxidation sites excluding steroid dienone is 1.